The molecule has 0 aromatic heterocycles. The second-order valence-corrected chi connectivity index (χ2v) is 4.36. The molecule has 88 valence electrons. The van der Waals surface area contributed by atoms with Crippen LogP contribution < -0.4 is 10.2 Å². The topological polar surface area (TPSA) is 55.5 Å². The highest BCUT2D eigenvalue weighted by Gasteiger charge is 2.34. The van der Waals surface area contributed by atoms with Crippen LogP contribution in [0.3, 0.4) is 0 Å². The minimum Gasteiger partial charge on any atom is -0.365 e. The molecule has 1 aliphatic heterocycles. The number of aliphatic imine (C=N–C) groups is 1. The third-order valence-corrected chi connectivity index (χ3v) is 2.96. The molecule has 4 nitrogen and oxygen atoms in total. The van der Waals surface area contributed by atoms with Crippen LogP contribution in [0.25, 0.3) is 0 Å². The van der Waals surface area contributed by atoms with Gasteiger partial charge < -0.3 is 5.73 Å². The van der Waals surface area contributed by atoms with Crippen molar-refractivity contribution in [1.29, 1.82) is 0 Å². The van der Waals surface area contributed by atoms with Crippen LogP contribution >= 0.6 is 0 Å². The van der Waals surface area contributed by atoms with E-state index in [9.17, 15) is 4.79 Å². The predicted octanol–water partition coefficient (Wildman–Crippen LogP) is 1.61. The summed E-state index contributed by atoms with van der Waals surface area (Å²) in [6, 6.07) is 6.07. The van der Waals surface area contributed by atoms with Gasteiger partial charge in [0, 0.05) is 11.1 Å². The fourth-order valence-electron chi connectivity index (χ4n) is 2.38. The van der Waals surface area contributed by atoms with Crippen LogP contribution in [0.15, 0.2) is 35.6 Å². The van der Waals surface area contributed by atoms with E-state index in [0.717, 1.165) is 16.8 Å². The fraction of sp³-hybridized carbons (Fsp3) is 0.231. The molecule has 1 heterocycles. The first kappa shape index (κ1) is 11.5. The first-order valence-electron chi connectivity index (χ1n) is 5.50. The van der Waals surface area contributed by atoms with Crippen molar-refractivity contribution in [2.45, 2.75) is 13.8 Å². The molecule has 1 unspecified atom stereocenters. The van der Waals surface area contributed by atoms with Crippen LogP contribution in [0.1, 0.15) is 11.1 Å². The summed E-state index contributed by atoms with van der Waals surface area (Å²) in [7, 11) is 0. The fourth-order valence-corrected chi connectivity index (χ4v) is 2.38. The number of hydrogen-bond acceptors (Lipinski definition) is 2. The molecule has 0 fully saturated rings. The zero-order valence-corrected chi connectivity index (χ0v) is 10.1. The van der Waals surface area contributed by atoms with Gasteiger partial charge in [0.2, 0.25) is 0 Å². The van der Waals surface area contributed by atoms with Crippen molar-refractivity contribution in [2.75, 3.05) is 6.54 Å². The van der Waals surface area contributed by atoms with Gasteiger partial charge in [-0.3, -0.25) is 4.79 Å². The highest BCUT2D eigenvalue weighted by molar-refractivity contribution is 5.89. The lowest BCUT2D eigenvalue weighted by Gasteiger charge is -2.28. The third-order valence-electron chi connectivity index (χ3n) is 2.96. The van der Waals surface area contributed by atoms with E-state index >= 15 is 0 Å². The van der Waals surface area contributed by atoms with Crippen LogP contribution in [0, 0.1) is 13.8 Å². The van der Waals surface area contributed by atoms with Gasteiger partial charge in [-0.05, 0) is 13.8 Å². The van der Waals surface area contributed by atoms with Crippen molar-refractivity contribution in [2.24, 2.45) is 10.7 Å². The number of hydrogen-bond donors (Lipinski definition) is 1. The van der Waals surface area contributed by atoms with E-state index in [1.165, 1.54) is 0 Å². The molecule has 0 spiro atoms. The molecule has 1 aromatic carbocycles. The van der Waals surface area contributed by atoms with Crippen LogP contribution in [0.4, 0.5) is 5.69 Å². The molecular formula is C13H16N3O+. The van der Waals surface area contributed by atoms with Crippen LogP contribution in [0.2, 0.25) is 0 Å². The number of benzene rings is 1. The maximum absolute atomic E-state index is 11.3. The molecular weight excluding hydrogens is 214 g/mol. The predicted molar refractivity (Wildman–Crippen MR) is 69.4 cm³/mol. The monoisotopic (exact) mass is 230 g/mol. The Morgan fingerprint density at radius 3 is 2.47 bits per heavy atom. The number of amides is 1. The van der Waals surface area contributed by atoms with E-state index in [-0.39, 0.29) is 16.9 Å². The number of nitrogens with zero attached hydrogens (tertiary/aromatic N) is 2. The number of nitrogens with two attached hydrogens (primary N) is 1. The summed E-state index contributed by atoms with van der Waals surface area (Å²) in [5.41, 5.74) is 8.68. The van der Waals surface area contributed by atoms with Crippen molar-refractivity contribution >= 4 is 17.9 Å². The molecule has 1 aromatic rings. The third kappa shape index (κ3) is 1.99. The minimum atomic E-state index is -0.342. The summed E-state index contributed by atoms with van der Waals surface area (Å²) in [6.07, 6.45) is 5.34. The Morgan fingerprint density at radius 1 is 1.35 bits per heavy atom. The SMILES string of the molecule is Cc1cccc(C)c1[N+]1(CC(N)=O)C=CN=C1. The van der Waals surface area contributed by atoms with Crippen LogP contribution in [0.5, 0.6) is 0 Å². The van der Waals surface area contributed by atoms with Gasteiger partial charge in [-0.2, -0.15) is 0 Å². The molecule has 0 bridgehead atoms. The van der Waals surface area contributed by atoms with Gasteiger partial charge in [-0.25, -0.2) is 9.48 Å². The Labute approximate surface area is 101 Å². The lowest BCUT2D eigenvalue weighted by atomic mass is 10.1. The molecule has 17 heavy (non-hydrogen) atoms. The maximum Gasteiger partial charge on any atom is 0.273 e. The van der Waals surface area contributed by atoms with E-state index in [1.54, 1.807) is 12.5 Å². The average molecular weight is 230 g/mol. The molecule has 2 N–H and O–H groups in total. The first-order chi connectivity index (χ1) is 8.05. The smallest absolute Gasteiger partial charge is 0.273 e. The Balaban J connectivity index is 2.58. The first-order valence-corrected chi connectivity index (χ1v) is 5.50. The van der Waals surface area contributed by atoms with Gasteiger partial charge in [-0.1, -0.05) is 18.2 Å². The van der Waals surface area contributed by atoms with Crippen LogP contribution in [-0.4, -0.2) is 18.8 Å². The zero-order valence-electron chi connectivity index (χ0n) is 10.1. The Hall–Kier alpha value is -1.94. The molecule has 0 radical (unpaired) electrons. The van der Waals surface area contributed by atoms with E-state index in [0.29, 0.717) is 0 Å². The summed E-state index contributed by atoms with van der Waals surface area (Å²) in [5, 5.41) is 0. The number of rotatable bonds is 3. The lowest BCUT2D eigenvalue weighted by molar-refractivity contribution is -0.117. The highest BCUT2D eigenvalue weighted by Crippen LogP contribution is 2.31. The second-order valence-electron chi connectivity index (χ2n) is 4.36. The molecule has 0 aliphatic carbocycles. The molecule has 0 saturated carbocycles. The number of carbonyl (C=O) groups excluding carboxylic acids is 1. The van der Waals surface area contributed by atoms with E-state index < -0.39 is 0 Å². The van der Waals surface area contributed by atoms with Gasteiger partial charge in [0.05, 0.1) is 6.20 Å². The summed E-state index contributed by atoms with van der Waals surface area (Å²) < 4.78 is 0.286. The Kier molecular flexibility index (Phi) is 2.81. The minimum absolute atomic E-state index is 0.200. The summed E-state index contributed by atoms with van der Waals surface area (Å²) in [5.74, 6) is -0.342. The molecule has 0 saturated heterocycles. The average Bonchev–Trinajstić information content (AvgIpc) is 2.65. The van der Waals surface area contributed by atoms with Crippen molar-refractivity contribution in [1.82, 2.24) is 4.48 Å². The van der Waals surface area contributed by atoms with Gasteiger partial charge >= 0.3 is 0 Å². The summed E-state index contributed by atoms with van der Waals surface area (Å²) >= 11 is 0. The standard InChI is InChI=1S/C13H15N3O/c1-10-4-3-5-11(2)13(10)16(8-12(14)17)7-6-15-9-16/h3-7,9H,8H2,1-2H3,(H-,14,17)/p+1. The maximum atomic E-state index is 11.3. The second kappa shape index (κ2) is 4.14. The van der Waals surface area contributed by atoms with E-state index in [1.807, 2.05) is 38.2 Å². The van der Waals surface area contributed by atoms with Crippen LogP contribution in [-0.2, 0) is 4.79 Å². The van der Waals surface area contributed by atoms with Gasteiger partial charge in [0.15, 0.2) is 12.9 Å². The number of primary amides is 1. The normalized spacial score (nSPS) is 22.0. The molecule has 1 amide bonds. The molecule has 4 heteroatoms. The van der Waals surface area contributed by atoms with Crippen molar-refractivity contribution in [3.63, 3.8) is 0 Å². The number of aryl methyl sites for hydroxylation is 2. The van der Waals surface area contributed by atoms with E-state index in [4.69, 9.17) is 5.73 Å². The highest BCUT2D eigenvalue weighted by atomic mass is 16.1. The number of para-hydroxylation sites is 1. The Morgan fingerprint density at radius 2 is 2.00 bits per heavy atom. The largest absolute Gasteiger partial charge is 0.365 e. The zero-order chi connectivity index (χ0) is 12.5. The van der Waals surface area contributed by atoms with Gasteiger partial charge in [0.25, 0.3) is 5.91 Å². The van der Waals surface area contributed by atoms with E-state index in [2.05, 4.69) is 4.99 Å². The van der Waals surface area contributed by atoms with Crippen molar-refractivity contribution in [3.05, 3.63) is 41.7 Å². The van der Waals surface area contributed by atoms with Gasteiger partial charge in [-0.15, -0.1) is 0 Å². The van der Waals surface area contributed by atoms with Gasteiger partial charge in [0.1, 0.15) is 11.9 Å². The van der Waals surface area contributed by atoms with Crippen molar-refractivity contribution < 1.29 is 4.79 Å². The van der Waals surface area contributed by atoms with Crippen molar-refractivity contribution in [3.8, 4) is 0 Å². The number of carbonyl (C=O) groups is 1. The summed E-state index contributed by atoms with van der Waals surface area (Å²) in [4.78, 5) is 15.4. The molecule has 1 aliphatic rings. The lowest BCUT2D eigenvalue weighted by Crippen LogP contribution is -2.48. The Bertz CT molecular complexity index is 485. The molecule has 1 atom stereocenters. The summed E-state index contributed by atoms with van der Waals surface area (Å²) in [6.45, 7) is 4.26. The molecule has 2 rings (SSSR count). The number of quaternary nitrogens is 1. The quantitative estimate of drug-likeness (QED) is 0.788.